The average Bonchev–Trinajstić information content (AvgIpc) is 1.87. The number of likely N-dealkylation sites (N-methyl/N-ethyl adjacent to an activating group) is 1. The normalized spacial score (nSPS) is 9.50. The summed E-state index contributed by atoms with van der Waals surface area (Å²) in [5.74, 6) is -0.554. The van der Waals surface area contributed by atoms with Crippen molar-refractivity contribution >= 4 is 12.2 Å². The maximum absolute atomic E-state index is 10.3. The van der Waals surface area contributed by atoms with Crippen molar-refractivity contribution in [3.05, 3.63) is 0 Å². The molecule has 58 valence electrons. The molecule has 0 aromatic heterocycles. The quantitative estimate of drug-likeness (QED) is 0.401. The second kappa shape index (κ2) is 4.93. The van der Waals surface area contributed by atoms with Gasteiger partial charge in [-0.2, -0.15) is 0 Å². The van der Waals surface area contributed by atoms with Crippen LogP contribution < -0.4 is 5.32 Å². The van der Waals surface area contributed by atoms with Crippen LogP contribution in [0, 0.1) is 0 Å². The number of hydrogen-bond donors (Lipinski definition) is 1. The first kappa shape index (κ1) is 9.10. The fourth-order valence-electron chi connectivity index (χ4n) is 0.444. The molecule has 0 aliphatic heterocycles. The lowest BCUT2D eigenvalue weighted by Crippen LogP contribution is -2.31. The van der Waals surface area contributed by atoms with Gasteiger partial charge in [-0.15, -0.1) is 0 Å². The van der Waals surface area contributed by atoms with Crippen LogP contribution in [0.4, 0.5) is 0 Å². The first-order chi connectivity index (χ1) is 4.66. The molecule has 4 nitrogen and oxygen atoms in total. The lowest BCUT2D eigenvalue weighted by atomic mass is 10.5. The highest BCUT2D eigenvalue weighted by atomic mass is 16.2. The molecule has 0 unspecified atom stereocenters. The summed E-state index contributed by atoms with van der Waals surface area (Å²) in [4.78, 5) is 22.0. The van der Waals surface area contributed by atoms with Gasteiger partial charge >= 0.3 is 0 Å². The topological polar surface area (TPSA) is 49.4 Å². The van der Waals surface area contributed by atoms with E-state index in [1.54, 1.807) is 0 Å². The van der Waals surface area contributed by atoms with Crippen molar-refractivity contribution in [3.63, 3.8) is 0 Å². The molecule has 0 aromatic carbocycles. The first-order valence-electron chi connectivity index (χ1n) is 3.04. The van der Waals surface area contributed by atoms with Gasteiger partial charge in [0.2, 0.25) is 6.29 Å². The predicted molar refractivity (Wildman–Crippen MR) is 37.6 cm³/mol. The van der Waals surface area contributed by atoms with Gasteiger partial charge in [0.1, 0.15) is 0 Å². The van der Waals surface area contributed by atoms with Crippen LogP contribution in [0.25, 0.3) is 0 Å². The summed E-state index contributed by atoms with van der Waals surface area (Å²) in [7, 11) is 3.79. The number of nitrogens with zero attached hydrogens (tertiary/aromatic N) is 1. The molecule has 0 heterocycles. The van der Waals surface area contributed by atoms with Crippen LogP contribution in [0.15, 0.2) is 0 Å². The molecule has 0 saturated carbocycles. The summed E-state index contributed by atoms with van der Waals surface area (Å²) in [6.07, 6.45) is 0.273. The van der Waals surface area contributed by atoms with E-state index >= 15 is 0 Å². The number of carbonyl (C=O) groups is 2. The Kier molecular flexibility index (Phi) is 4.49. The molecule has 0 saturated heterocycles. The predicted octanol–water partition coefficient (Wildman–Crippen LogP) is -1.14. The Morgan fingerprint density at radius 1 is 1.60 bits per heavy atom. The van der Waals surface area contributed by atoms with Gasteiger partial charge in [0, 0.05) is 13.1 Å². The number of amides is 1. The second-order valence-corrected chi connectivity index (χ2v) is 2.21. The fraction of sp³-hybridized carbons (Fsp3) is 0.667. The van der Waals surface area contributed by atoms with E-state index in [9.17, 15) is 9.59 Å². The van der Waals surface area contributed by atoms with Crippen LogP contribution in [0.1, 0.15) is 0 Å². The van der Waals surface area contributed by atoms with E-state index in [2.05, 4.69) is 5.32 Å². The van der Waals surface area contributed by atoms with Gasteiger partial charge in [-0.05, 0) is 14.1 Å². The van der Waals surface area contributed by atoms with Gasteiger partial charge < -0.3 is 10.2 Å². The smallest absolute Gasteiger partial charge is 0.284 e. The Balaban J connectivity index is 3.19. The van der Waals surface area contributed by atoms with E-state index in [1.165, 1.54) is 0 Å². The molecular formula is C6H12N2O2. The molecule has 0 aliphatic rings. The Bertz CT molecular complexity index is 123. The van der Waals surface area contributed by atoms with Gasteiger partial charge in [-0.1, -0.05) is 0 Å². The van der Waals surface area contributed by atoms with E-state index in [0.717, 1.165) is 6.54 Å². The monoisotopic (exact) mass is 144 g/mol. The van der Waals surface area contributed by atoms with Crippen LogP contribution >= 0.6 is 0 Å². The van der Waals surface area contributed by atoms with Gasteiger partial charge in [-0.25, -0.2) is 0 Å². The lowest BCUT2D eigenvalue weighted by molar-refractivity contribution is -0.131. The van der Waals surface area contributed by atoms with Crippen molar-refractivity contribution in [2.75, 3.05) is 27.2 Å². The maximum atomic E-state index is 10.3. The van der Waals surface area contributed by atoms with Gasteiger partial charge in [0.15, 0.2) is 0 Å². The van der Waals surface area contributed by atoms with E-state index in [4.69, 9.17) is 0 Å². The van der Waals surface area contributed by atoms with Crippen LogP contribution in [0.3, 0.4) is 0 Å². The molecule has 4 heteroatoms. The third-order valence-corrected chi connectivity index (χ3v) is 0.965. The van der Waals surface area contributed by atoms with Crippen molar-refractivity contribution in [1.29, 1.82) is 0 Å². The summed E-state index contributed by atoms with van der Waals surface area (Å²) in [5, 5.41) is 2.42. The number of nitrogens with one attached hydrogen (secondary N) is 1. The number of carbonyl (C=O) groups excluding carboxylic acids is 2. The van der Waals surface area contributed by atoms with Crippen LogP contribution in [-0.4, -0.2) is 44.3 Å². The molecule has 0 spiro atoms. The zero-order chi connectivity index (χ0) is 7.98. The van der Waals surface area contributed by atoms with Crippen LogP contribution in [0.5, 0.6) is 0 Å². The SMILES string of the molecule is CN(C)CCNC(=O)C=O. The highest BCUT2D eigenvalue weighted by Crippen LogP contribution is 1.69. The van der Waals surface area contributed by atoms with E-state index in [1.807, 2.05) is 19.0 Å². The zero-order valence-corrected chi connectivity index (χ0v) is 6.26. The van der Waals surface area contributed by atoms with Crippen molar-refractivity contribution in [3.8, 4) is 0 Å². The standard InChI is InChI=1S/C6H12N2O2/c1-8(2)4-3-7-6(10)5-9/h5H,3-4H2,1-2H3,(H,7,10). The minimum atomic E-state index is -0.554. The molecule has 0 rings (SSSR count). The van der Waals surface area contributed by atoms with E-state index in [-0.39, 0.29) is 6.29 Å². The largest absolute Gasteiger partial charge is 0.348 e. The molecular weight excluding hydrogens is 132 g/mol. The third kappa shape index (κ3) is 5.24. The van der Waals surface area contributed by atoms with E-state index in [0.29, 0.717) is 6.54 Å². The summed E-state index contributed by atoms with van der Waals surface area (Å²) in [6, 6.07) is 0. The summed E-state index contributed by atoms with van der Waals surface area (Å²) >= 11 is 0. The highest BCUT2D eigenvalue weighted by molar-refractivity contribution is 6.23. The van der Waals surface area contributed by atoms with Crippen LogP contribution in [-0.2, 0) is 9.59 Å². The molecule has 0 fully saturated rings. The average molecular weight is 144 g/mol. The first-order valence-corrected chi connectivity index (χ1v) is 3.04. The Morgan fingerprint density at radius 3 is 2.60 bits per heavy atom. The molecule has 0 atom stereocenters. The molecule has 0 aliphatic carbocycles. The second-order valence-electron chi connectivity index (χ2n) is 2.21. The summed E-state index contributed by atoms with van der Waals surface area (Å²) in [5.41, 5.74) is 0. The van der Waals surface area contributed by atoms with Gasteiger partial charge in [-0.3, -0.25) is 9.59 Å². The minimum absolute atomic E-state index is 0.273. The molecule has 1 amide bonds. The van der Waals surface area contributed by atoms with Crippen molar-refractivity contribution in [1.82, 2.24) is 10.2 Å². The van der Waals surface area contributed by atoms with Gasteiger partial charge in [0.25, 0.3) is 5.91 Å². The number of hydrogen-bond acceptors (Lipinski definition) is 3. The van der Waals surface area contributed by atoms with E-state index < -0.39 is 5.91 Å². The maximum Gasteiger partial charge on any atom is 0.284 e. The summed E-state index contributed by atoms with van der Waals surface area (Å²) < 4.78 is 0. The van der Waals surface area contributed by atoms with Gasteiger partial charge in [0.05, 0.1) is 0 Å². The fourth-order valence-corrected chi connectivity index (χ4v) is 0.444. The van der Waals surface area contributed by atoms with Crippen molar-refractivity contribution in [2.45, 2.75) is 0 Å². The molecule has 1 N–H and O–H groups in total. The lowest BCUT2D eigenvalue weighted by Gasteiger charge is -2.07. The molecule has 10 heavy (non-hydrogen) atoms. The van der Waals surface area contributed by atoms with Crippen molar-refractivity contribution < 1.29 is 9.59 Å². The zero-order valence-electron chi connectivity index (χ0n) is 6.26. The van der Waals surface area contributed by atoms with Crippen LogP contribution in [0.2, 0.25) is 0 Å². The molecule has 0 bridgehead atoms. The highest BCUT2D eigenvalue weighted by Gasteiger charge is 1.95. The number of aldehydes is 1. The Hall–Kier alpha value is -0.900. The van der Waals surface area contributed by atoms with Crippen molar-refractivity contribution in [2.24, 2.45) is 0 Å². The Labute approximate surface area is 60.2 Å². The molecule has 0 radical (unpaired) electrons. The third-order valence-electron chi connectivity index (χ3n) is 0.965. The number of rotatable bonds is 4. The molecule has 0 aromatic rings. The minimum Gasteiger partial charge on any atom is -0.348 e. The Morgan fingerprint density at radius 2 is 2.20 bits per heavy atom. The summed E-state index contributed by atoms with van der Waals surface area (Å²) in [6.45, 7) is 1.27.